The lowest BCUT2D eigenvalue weighted by molar-refractivity contribution is 0.0688. The smallest absolute Gasteiger partial charge is 0.265 e. The van der Waals surface area contributed by atoms with Crippen LogP contribution >= 0.6 is 11.3 Å². The van der Waals surface area contributed by atoms with Crippen LogP contribution in [0.25, 0.3) is 0 Å². The van der Waals surface area contributed by atoms with Crippen LogP contribution in [-0.4, -0.2) is 51.4 Å². The van der Waals surface area contributed by atoms with E-state index in [1.165, 1.54) is 11.3 Å². The van der Waals surface area contributed by atoms with Gasteiger partial charge in [-0.05, 0) is 6.42 Å². The van der Waals surface area contributed by atoms with E-state index in [0.717, 1.165) is 6.42 Å². The average molecular weight is 288 g/mol. The summed E-state index contributed by atoms with van der Waals surface area (Å²) in [7, 11) is 3.36. The predicted octanol–water partition coefficient (Wildman–Crippen LogP) is 0.550. The highest BCUT2D eigenvalue weighted by Crippen LogP contribution is 2.23. The third-order valence-corrected chi connectivity index (χ3v) is 3.34. The van der Waals surface area contributed by atoms with Gasteiger partial charge in [-0.2, -0.15) is 0 Å². The van der Waals surface area contributed by atoms with Gasteiger partial charge in [-0.15, -0.1) is 0 Å². The Kier molecular flexibility index (Phi) is 7.16. The monoisotopic (exact) mass is 288 g/mol. The molecule has 0 radical (unpaired) electrons. The van der Waals surface area contributed by atoms with Crippen LogP contribution in [0, 0.1) is 0 Å². The van der Waals surface area contributed by atoms with Gasteiger partial charge in [-0.1, -0.05) is 11.3 Å². The lowest BCUT2D eigenvalue weighted by Gasteiger charge is -2.05. The molecule has 0 fully saturated rings. The Balaban J connectivity index is 2.22. The Morgan fingerprint density at radius 2 is 2.21 bits per heavy atom. The van der Waals surface area contributed by atoms with Gasteiger partial charge in [-0.25, -0.2) is 4.98 Å². The summed E-state index contributed by atoms with van der Waals surface area (Å²) in [6.07, 6.45) is 0.743. The van der Waals surface area contributed by atoms with E-state index in [1.807, 2.05) is 0 Å². The van der Waals surface area contributed by atoms with Crippen molar-refractivity contribution in [2.75, 3.05) is 51.6 Å². The van der Waals surface area contributed by atoms with E-state index < -0.39 is 0 Å². The molecule has 0 aliphatic rings. The molecule has 0 atom stereocenters. The molecule has 1 heterocycles. The van der Waals surface area contributed by atoms with Crippen LogP contribution in [0.2, 0.25) is 0 Å². The van der Waals surface area contributed by atoms with Gasteiger partial charge in [0, 0.05) is 27.3 Å². The van der Waals surface area contributed by atoms with Crippen molar-refractivity contribution >= 4 is 28.2 Å². The first-order chi connectivity index (χ1) is 9.19. The Hall–Kier alpha value is -1.38. The summed E-state index contributed by atoms with van der Waals surface area (Å²) in [4.78, 5) is 16.3. The standard InChI is InChI=1S/C11H20N4O3S/c1-13-11-15-9(12)8(19-11)10(16)14-4-3-5-18-7-6-17-2/h3-7,12H2,1-2H3,(H,13,15)(H,14,16). The molecule has 4 N–H and O–H groups in total. The summed E-state index contributed by atoms with van der Waals surface area (Å²) in [6, 6.07) is 0. The number of ether oxygens (including phenoxy) is 2. The summed E-state index contributed by atoms with van der Waals surface area (Å²) in [5.74, 6) is 0.0524. The zero-order valence-electron chi connectivity index (χ0n) is 11.2. The molecular weight excluding hydrogens is 268 g/mol. The molecule has 108 valence electrons. The Bertz CT molecular complexity index is 397. The third-order valence-electron chi connectivity index (χ3n) is 2.26. The van der Waals surface area contributed by atoms with Crippen molar-refractivity contribution in [1.29, 1.82) is 0 Å². The summed E-state index contributed by atoms with van der Waals surface area (Å²) in [5, 5.41) is 6.27. The number of nitrogens with one attached hydrogen (secondary N) is 2. The molecule has 19 heavy (non-hydrogen) atoms. The molecule has 0 bridgehead atoms. The van der Waals surface area contributed by atoms with Crippen molar-refractivity contribution in [2.24, 2.45) is 0 Å². The number of aromatic nitrogens is 1. The molecule has 0 unspecified atom stereocenters. The molecule has 1 amide bonds. The fraction of sp³-hybridized carbons (Fsp3) is 0.636. The number of carbonyl (C=O) groups excluding carboxylic acids is 1. The highest BCUT2D eigenvalue weighted by molar-refractivity contribution is 7.18. The Labute approximate surface area is 116 Å². The Morgan fingerprint density at radius 3 is 2.84 bits per heavy atom. The molecular formula is C11H20N4O3S. The maximum atomic E-state index is 11.8. The molecule has 1 aromatic heterocycles. The second-order valence-electron chi connectivity index (χ2n) is 3.70. The Morgan fingerprint density at radius 1 is 1.42 bits per heavy atom. The maximum Gasteiger partial charge on any atom is 0.265 e. The van der Waals surface area contributed by atoms with Crippen LogP contribution in [0.1, 0.15) is 16.1 Å². The molecule has 1 aromatic rings. The molecule has 0 aromatic carbocycles. The van der Waals surface area contributed by atoms with E-state index >= 15 is 0 Å². The van der Waals surface area contributed by atoms with Crippen LogP contribution in [0.4, 0.5) is 10.9 Å². The highest BCUT2D eigenvalue weighted by Gasteiger charge is 2.14. The number of amides is 1. The highest BCUT2D eigenvalue weighted by atomic mass is 32.1. The number of nitrogens with zero attached hydrogens (tertiary/aromatic N) is 1. The van der Waals surface area contributed by atoms with Crippen LogP contribution in [0.3, 0.4) is 0 Å². The molecule has 0 spiro atoms. The van der Waals surface area contributed by atoms with E-state index in [-0.39, 0.29) is 11.7 Å². The first-order valence-electron chi connectivity index (χ1n) is 5.98. The topological polar surface area (TPSA) is 98.5 Å². The van der Waals surface area contributed by atoms with E-state index in [1.54, 1.807) is 14.2 Å². The molecule has 8 heteroatoms. The number of nitrogen functional groups attached to an aromatic ring is 1. The number of rotatable bonds is 9. The quantitative estimate of drug-likeness (QED) is 0.574. The summed E-state index contributed by atoms with van der Waals surface area (Å²) >= 11 is 1.24. The number of thiazole rings is 1. The minimum absolute atomic E-state index is 0.201. The van der Waals surface area contributed by atoms with Crippen molar-refractivity contribution in [3.8, 4) is 0 Å². The first-order valence-corrected chi connectivity index (χ1v) is 6.79. The van der Waals surface area contributed by atoms with Gasteiger partial charge in [-0.3, -0.25) is 4.79 Å². The largest absolute Gasteiger partial charge is 0.382 e. The van der Waals surface area contributed by atoms with E-state index in [0.29, 0.717) is 36.4 Å². The van der Waals surface area contributed by atoms with Gasteiger partial charge in [0.1, 0.15) is 10.7 Å². The predicted molar refractivity (Wildman–Crippen MR) is 75.7 cm³/mol. The van der Waals surface area contributed by atoms with Gasteiger partial charge < -0.3 is 25.8 Å². The van der Waals surface area contributed by atoms with Gasteiger partial charge >= 0.3 is 0 Å². The van der Waals surface area contributed by atoms with Crippen molar-refractivity contribution < 1.29 is 14.3 Å². The van der Waals surface area contributed by atoms with Crippen molar-refractivity contribution in [3.63, 3.8) is 0 Å². The average Bonchev–Trinajstić information content (AvgIpc) is 2.79. The zero-order valence-corrected chi connectivity index (χ0v) is 12.0. The summed E-state index contributed by atoms with van der Waals surface area (Å²) in [6.45, 7) is 2.27. The van der Waals surface area contributed by atoms with Crippen LogP contribution in [-0.2, 0) is 9.47 Å². The number of hydrogen-bond acceptors (Lipinski definition) is 7. The molecule has 1 rings (SSSR count). The normalized spacial score (nSPS) is 10.4. The second-order valence-corrected chi connectivity index (χ2v) is 4.70. The number of hydrogen-bond donors (Lipinski definition) is 3. The van der Waals surface area contributed by atoms with Crippen LogP contribution in [0.15, 0.2) is 0 Å². The summed E-state index contributed by atoms with van der Waals surface area (Å²) < 4.78 is 10.1. The van der Waals surface area contributed by atoms with E-state index in [2.05, 4.69) is 15.6 Å². The fourth-order valence-electron chi connectivity index (χ4n) is 1.30. The zero-order chi connectivity index (χ0) is 14.1. The number of anilines is 2. The summed E-state index contributed by atoms with van der Waals surface area (Å²) in [5.41, 5.74) is 5.66. The van der Waals surface area contributed by atoms with Gasteiger partial charge in [0.15, 0.2) is 5.13 Å². The maximum absolute atomic E-state index is 11.8. The molecule has 7 nitrogen and oxygen atoms in total. The molecule has 0 saturated heterocycles. The van der Waals surface area contributed by atoms with Gasteiger partial charge in [0.2, 0.25) is 0 Å². The second kappa shape index (κ2) is 8.68. The van der Waals surface area contributed by atoms with Crippen LogP contribution < -0.4 is 16.4 Å². The SMILES string of the molecule is CNc1nc(N)c(C(=O)NCCCOCCOC)s1. The van der Waals surface area contributed by atoms with Gasteiger partial charge in [0.25, 0.3) is 5.91 Å². The number of nitrogens with two attached hydrogens (primary N) is 1. The van der Waals surface area contributed by atoms with Crippen molar-refractivity contribution in [3.05, 3.63) is 4.88 Å². The fourth-order valence-corrected chi connectivity index (χ4v) is 2.06. The van der Waals surface area contributed by atoms with Crippen LogP contribution in [0.5, 0.6) is 0 Å². The number of methoxy groups -OCH3 is 1. The van der Waals surface area contributed by atoms with Crippen molar-refractivity contribution in [1.82, 2.24) is 10.3 Å². The molecule has 0 aliphatic carbocycles. The third kappa shape index (κ3) is 5.41. The van der Waals surface area contributed by atoms with Gasteiger partial charge in [0.05, 0.1) is 13.2 Å². The minimum Gasteiger partial charge on any atom is -0.382 e. The van der Waals surface area contributed by atoms with Crippen molar-refractivity contribution in [2.45, 2.75) is 6.42 Å². The number of carbonyl (C=O) groups is 1. The first kappa shape index (κ1) is 15.7. The minimum atomic E-state index is -0.201. The lowest BCUT2D eigenvalue weighted by atomic mass is 10.4. The lowest BCUT2D eigenvalue weighted by Crippen LogP contribution is -2.25. The molecule has 0 saturated carbocycles. The molecule has 0 aliphatic heterocycles. The van der Waals surface area contributed by atoms with E-state index in [4.69, 9.17) is 15.2 Å². The van der Waals surface area contributed by atoms with E-state index in [9.17, 15) is 4.79 Å².